The van der Waals surface area contributed by atoms with E-state index in [0.29, 0.717) is 22.0 Å². The summed E-state index contributed by atoms with van der Waals surface area (Å²) in [6.45, 7) is 0. The number of hydrogen-bond donors (Lipinski definition) is 1. The predicted octanol–water partition coefficient (Wildman–Crippen LogP) is 4.53. The predicted molar refractivity (Wildman–Crippen MR) is 99.0 cm³/mol. The van der Waals surface area contributed by atoms with E-state index in [0.717, 1.165) is 17.8 Å². The first-order chi connectivity index (χ1) is 13.1. The molecule has 0 aliphatic heterocycles. The zero-order chi connectivity index (χ0) is 18.8. The number of thiazole rings is 1. The van der Waals surface area contributed by atoms with Crippen LogP contribution in [-0.4, -0.2) is 20.7 Å². The van der Waals surface area contributed by atoms with Crippen LogP contribution >= 0.6 is 11.3 Å². The van der Waals surface area contributed by atoms with Gasteiger partial charge in [-0.25, -0.2) is 18.4 Å². The summed E-state index contributed by atoms with van der Waals surface area (Å²) in [6, 6.07) is 12.3. The number of aromatic nitrogens is 3. The number of halogens is 2. The molecule has 2 heterocycles. The van der Waals surface area contributed by atoms with Crippen molar-refractivity contribution in [1.29, 1.82) is 0 Å². The highest BCUT2D eigenvalue weighted by Gasteiger charge is 2.12. The van der Waals surface area contributed by atoms with Gasteiger partial charge < -0.3 is 0 Å². The third-order valence-electron chi connectivity index (χ3n) is 3.84. The highest BCUT2D eigenvalue weighted by Crippen LogP contribution is 2.26. The molecule has 0 atom stereocenters. The van der Waals surface area contributed by atoms with Crippen LogP contribution in [0.3, 0.4) is 0 Å². The topological polar surface area (TPSA) is 59.8 Å². The Morgan fingerprint density at radius 2 is 1.89 bits per heavy atom. The van der Waals surface area contributed by atoms with Gasteiger partial charge in [0.1, 0.15) is 0 Å². The summed E-state index contributed by atoms with van der Waals surface area (Å²) in [5, 5.41) is 8.88. The second kappa shape index (κ2) is 7.08. The lowest BCUT2D eigenvalue weighted by Gasteiger charge is -2.04. The van der Waals surface area contributed by atoms with E-state index in [1.807, 2.05) is 12.3 Å². The normalized spacial score (nSPS) is 10.7. The molecule has 8 heteroatoms. The SMILES string of the molecule is O=C(Nc1nc(-c2ccc(F)c(F)c2)cs1)c1ccc(-n2cccn2)cc1. The van der Waals surface area contributed by atoms with Gasteiger partial charge in [0.05, 0.1) is 11.4 Å². The van der Waals surface area contributed by atoms with Gasteiger partial charge in [0.15, 0.2) is 16.8 Å². The van der Waals surface area contributed by atoms with Crippen LogP contribution in [0.4, 0.5) is 13.9 Å². The lowest BCUT2D eigenvalue weighted by Crippen LogP contribution is -2.11. The van der Waals surface area contributed by atoms with E-state index in [1.54, 1.807) is 40.5 Å². The van der Waals surface area contributed by atoms with E-state index >= 15 is 0 Å². The molecule has 0 bridgehead atoms. The highest BCUT2D eigenvalue weighted by molar-refractivity contribution is 7.14. The van der Waals surface area contributed by atoms with Crippen molar-refractivity contribution < 1.29 is 13.6 Å². The number of amides is 1. The molecular weight excluding hydrogens is 370 g/mol. The van der Waals surface area contributed by atoms with Gasteiger partial charge in [-0.3, -0.25) is 10.1 Å². The molecule has 0 fully saturated rings. The van der Waals surface area contributed by atoms with E-state index < -0.39 is 11.6 Å². The van der Waals surface area contributed by atoms with Crippen molar-refractivity contribution in [2.75, 3.05) is 5.32 Å². The summed E-state index contributed by atoms with van der Waals surface area (Å²) in [5.41, 5.74) is 2.21. The fourth-order valence-electron chi connectivity index (χ4n) is 2.48. The van der Waals surface area contributed by atoms with Crippen LogP contribution in [0.5, 0.6) is 0 Å². The molecule has 4 aromatic rings. The fraction of sp³-hybridized carbons (Fsp3) is 0. The maximum atomic E-state index is 13.4. The Labute approximate surface area is 156 Å². The first-order valence-electron chi connectivity index (χ1n) is 7.92. The minimum atomic E-state index is -0.941. The summed E-state index contributed by atoms with van der Waals surface area (Å²) in [7, 11) is 0. The summed E-state index contributed by atoms with van der Waals surface area (Å²) < 4.78 is 28.1. The zero-order valence-electron chi connectivity index (χ0n) is 13.8. The maximum Gasteiger partial charge on any atom is 0.257 e. The average molecular weight is 382 g/mol. The van der Waals surface area contributed by atoms with Gasteiger partial charge in [0, 0.05) is 28.9 Å². The van der Waals surface area contributed by atoms with Gasteiger partial charge in [0.2, 0.25) is 0 Å². The molecule has 1 amide bonds. The van der Waals surface area contributed by atoms with Crippen LogP contribution in [0.25, 0.3) is 16.9 Å². The van der Waals surface area contributed by atoms with Crippen LogP contribution in [0.1, 0.15) is 10.4 Å². The lowest BCUT2D eigenvalue weighted by molar-refractivity contribution is 0.102. The standard InChI is InChI=1S/C19H12F2N4OS/c20-15-7-4-13(10-16(15)21)17-11-27-19(23-17)24-18(26)12-2-5-14(6-3-12)25-9-1-8-22-25/h1-11H,(H,23,24,26). The third-order valence-corrected chi connectivity index (χ3v) is 4.60. The van der Waals surface area contributed by atoms with E-state index in [4.69, 9.17) is 0 Å². The maximum absolute atomic E-state index is 13.4. The molecule has 0 radical (unpaired) electrons. The zero-order valence-corrected chi connectivity index (χ0v) is 14.6. The number of nitrogens with zero attached hydrogens (tertiary/aromatic N) is 3. The van der Waals surface area contributed by atoms with E-state index in [2.05, 4.69) is 15.4 Å². The molecule has 1 N–H and O–H groups in total. The molecular formula is C19H12F2N4OS. The number of benzene rings is 2. The highest BCUT2D eigenvalue weighted by atomic mass is 32.1. The molecule has 4 rings (SSSR count). The Hall–Kier alpha value is -3.39. The van der Waals surface area contributed by atoms with Crippen molar-refractivity contribution >= 4 is 22.4 Å². The summed E-state index contributed by atoms with van der Waals surface area (Å²) >= 11 is 1.21. The molecule has 0 saturated carbocycles. The lowest BCUT2D eigenvalue weighted by atomic mass is 10.2. The van der Waals surface area contributed by atoms with Crippen molar-refractivity contribution in [3.63, 3.8) is 0 Å². The van der Waals surface area contributed by atoms with E-state index in [9.17, 15) is 13.6 Å². The molecule has 5 nitrogen and oxygen atoms in total. The van der Waals surface area contributed by atoms with Gasteiger partial charge in [-0.05, 0) is 48.5 Å². The number of carbonyl (C=O) groups is 1. The molecule has 2 aromatic carbocycles. The summed E-state index contributed by atoms with van der Waals surface area (Å²) in [6.07, 6.45) is 3.48. The second-order valence-electron chi connectivity index (χ2n) is 5.62. The van der Waals surface area contributed by atoms with E-state index in [-0.39, 0.29) is 5.91 Å². The van der Waals surface area contributed by atoms with E-state index in [1.165, 1.54) is 17.4 Å². The molecule has 0 aliphatic rings. The molecule has 0 aliphatic carbocycles. The van der Waals surface area contributed by atoms with Gasteiger partial charge in [0.25, 0.3) is 5.91 Å². The van der Waals surface area contributed by atoms with Crippen molar-refractivity contribution in [3.05, 3.63) is 83.5 Å². The number of hydrogen-bond acceptors (Lipinski definition) is 4. The van der Waals surface area contributed by atoms with Gasteiger partial charge in [-0.1, -0.05) is 0 Å². The largest absolute Gasteiger partial charge is 0.298 e. The van der Waals surface area contributed by atoms with Crippen molar-refractivity contribution in [1.82, 2.24) is 14.8 Å². The number of anilines is 1. The fourth-order valence-corrected chi connectivity index (χ4v) is 3.19. The van der Waals surface area contributed by atoms with Crippen LogP contribution < -0.4 is 5.32 Å². The van der Waals surface area contributed by atoms with Gasteiger partial charge in [-0.2, -0.15) is 5.10 Å². The quantitative estimate of drug-likeness (QED) is 0.564. The second-order valence-corrected chi connectivity index (χ2v) is 6.48. The monoisotopic (exact) mass is 382 g/mol. The van der Waals surface area contributed by atoms with Crippen molar-refractivity contribution in [2.24, 2.45) is 0 Å². The van der Waals surface area contributed by atoms with Crippen LogP contribution in [0.15, 0.2) is 66.3 Å². The van der Waals surface area contributed by atoms with Crippen LogP contribution in [-0.2, 0) is 0 Å². The summed E-state index contributed by atoms with van der Waals surface area (Å²) in [5.74, 6) is -2.17. The molecule has 2 aromatic heterocycles. The Morgan fingerprint density at radius 3 is 2.59 bits per heavy atom. The third kappa shape index (κ3) is 3.61. The number of carbonyl (C=O) groups excluding carboxylic acids is 1. The molecule has 0 spiro atoms. The minimum absolute atomic E-state index is 0.312. The van der Waals surface area contributed by atoms with Crippen LogP contribution in [0.2, 0.25) is 0 Å². The number of nitrogens with one attached hydrogen (secondary N) is 1. The van der Waals surface area contributed by atoms with Crippen molar-refractivity contribution in [2.45, 2.75) is 0 Å². The van der Waals surface area contributed by atoms with Gasteiger partial charge >= 0.3 is 0 Å². The molecule has 0 unspecified atom stereocenters. The molecule has 134 valence electrons. The Balaban J connectivity index is 1.48. The van der Waals surface area contributed by atoms with Gasteiger partial charge in [-0.15, -0.1) is 11.3 Å². The molecule has 27 heavy (non-hydrogen) atoms. The Kier molecular flexibility index (Phi) is 4.47. The first kappa shape index (κ1) is 17.0. The Bertz CT molecular complexity index is 1090. The van der Waals surface area contributed by atoms with Crippen molar-refractivity contribution in [3.8, 4) is 16.9 Å². The average Bonchev–Trinajstić information content (AvgIpc) is 3.36. The summed E-state index contributed by atoms with van der Waals surface area (Å²) in [4.78, 5) is 16.6. The molecule has 0 saturated heterocycles. The van der Waals surface area contributed by atoms with Crippen LogP contribution in [0, 0.1) is 11.6 Å². The number of rotatable bonds is 4. The Morgan fingerprint density at radius 1 is 1.07 bits per heavy atom. The smallest absolute Gasteiger partial charge is 0.257 e. The minimum Gasteiger partial charge on any atom is -0.298 e. The first-order valence-corrected chi connectivity index (χ1v) is 8.80.